The Bertz CT molecular complexity index is 281. The molecule has 0 aromatic carbocycles. The number of aliphatic hydroxyl groups excluding tert-OH is 2. The average molecular weight is 356 g/mol. The van der Waals surface area contributed by atoms with Gasteiger partial charge in [0.2, 0.25) is 0 Å². The molecule has 0 radical (unpaired) electrons. The lowest BCUT2D eigenvalue weighted by Gasteiger charge is -2.11. The number of nitrogens with two attached hydrogens (primary N) is 1. The maximum atomic E-state index is 9.57. The molecule has 0 aliphatic rings. The fourth-order valence-corrected chi connectivity index (χ4v) is 3.12. The van der Waals surface area contributed by atoms with Crippen molar-refractivity contribution in [3.05, 3.63) is 12.2 Å². The van der Waals surface area contributed by atoms with Gasteiger partial charge in [-0.1, -0.05) is 109 Å². The first-order valence-corrected chi connectivity index (χ1v) is 10.9. The van der Waals surface area contributed by atoms with Crippen LogP contribution in [0.2, 0.25) is 0 Å². The van der Waals surface area contributed by atoms with E-state index in [1.165, 1.54) is 96.3 Å². The van der Waals surface area contributed by atoms with E-state index in [2.05, 4.69) is 6.92 Å². The summed E-state index contributed by atoms with van der Waals surface area (Å²) in [5.41, 5.74) is 5.54. The number of unbranched alkanes of at least 4 members (excludes halogenated alkanes) is 15. The maximum Gasteiger partial charge on any atom is 0.0894 e. The van der Waals surface area contributed by atoms with Crippen LogP contribution in [0, 0.1) is 0 Å². The number of hydrogen-bond acceptors (Lipinski definition) is 3. The van der Waals surface area contributed by atoms with Crippen LogP contribution in [0.25, 0.3) is 0 Å². The summed E-state index contributed by atoms with van der Waals surface area (Å²) in [6, 6.07) is -0.558. The van der Waals surface area contributed by atoms with Crippen molar-refractivity contribution < 1.29 is 10.2 Å². The molecule has 0 aromatic heterocycles. The van der Waals surface area contributed by atoms with Gasteiger partial charge in [0.25, 0.3) is 0 Å². The third-order valence-electron chi connectivity index (χ3n) is 4.96. The van der Waals surface area contributed by atoms with Gasteiger partial charge in [0.1, 0.15) is 0 Å². The molecule has 150 valence electrons. The van der Waals surface area contributed by atoms with E-state index < -0.39 is 12.1 Å². The highest BCUT2D eigenvalue weighted by molar-refractivity contribution is 4.93. The summed E-state index contributed by atoms with van der Waals surface area (Å²) in [7, 11) is 0. The molecule has 2 atom stereocenters. The van der Waals surface area contributed by atoms with Crippen LogP contribution in [0.4, 0.5) is 0 Å². The van der Waals surface area contributed by atoms with Crippen molar-refractivity contribution in [2.75, 3.05) is 6.61 Å². The van der Waals surface area contributed by atoms with Crippen molar-refractivity contribution in [3.63, 3.8) is 0 Å². The van der Waals surface area contributed by atoms with Gasteiger partial charge in [-0.25, -0.2) is 0 Å². The molecule has 0 amide bonds. The molecule has 0 aliphatic carbocycles. The summed E-state index contributed by atoms with van der Waals surface area (Å²) in [5, 5.41) is 18.4. The SMILES string of the molecule is CCCCCCCCCCCCCCCCC/C=C/[C@@H](O)[C@@H](N)CO. The summed E-state index contributed by atoms with van der Waals surface area (Å²) in [6.45, 7) is 2.10. The molecule has 25 heavy (non-hydrogen) atoms. The molecule has 0 saturated carbocycles. The Morgan fingerprint density at radius 2 is 1.12 bits per heavy atom. The summed E-state index contributed by atoms with van der Waals surface area (Å²) in [5.74, 6) is 0. The lowest BCUT2D eigenvalue weighted by molar-refractivity contribution is 0.144. The van der Waals surface area contributed by atoms with Crippen LogP contribution in [0.15, 0.2) is 12.2 Å². The standard InChI is InChI=1S/C22H45NO2/c1-2-3-4-5-6-7-8-9-10-11-12-13-14-15-16-17-18-19-22(25)21(23)20-24/h18-19,21-22,24-25H,2-17,20,23H2,1H3/b19-18+/t21-,22+/m0/s1. The van der Waals surface area contributed by atoms with Gasteiger partial charge in [-0.15, -0.1) is 0 Å². The van der Waals surface area contributed by atoms with Crippen LogP contribution in [-0.2, 0) is 0 Å². The summed E-state index contributed by atoms with van der Waals surface area (Å²) in [6.07, 6.45) is 24.7. The van der Waals surface area contributed by atoms with Gasteiger partial charge in [0.15, 0.2) is 0 Å². The van der Waals surface area contributed by atoms with E-state index in [1.54, 1.807) is 6.08 Å². The van der Waals surface area contributed by atoms with E-state index in [0.717, 1.165) is 6.42 Å². The van der Waals surface area contributed by atoms with Crippen molar-refractivity contribution in [2.24, 2.45) is 5.73 Å². The normalized spacial score (nSPS) is 14.2. The molecule has 0 rings (SSSR count). The molecule has 0 heterocycles. The predicted molar refractivity (Wildman–Crippen MR) is 110 cm³/mol. The van der Waals surface area contributed by atoms with E-state index >= 15 is 0 Å². The monoisotopic (exact) mass is 355 g/mol. The van der Waals surface area contributed by atoms with E-state index in [-0.39, 0.29) is 6.61 Å². The first-order valence-electron chi connectivity index (χ1n) is 10.9. The molecule has 0 aliphatic heterocycles. The zero-order chi connectivity index (χ0) is 18.6. The highest BCUT2D eigenvalue weighted by Gasteiger charge is 2.08. The fraction of sp³-hybridized carbons (Fsp3) is 0.909. The molecule has 0 unspecified atom stereocenters. The minimum atomic E-state index is -0.721. The number of allylic oxidation sites excluding steroid dienone is 1. The molecule has 0 bridgehead atoms. The minimum absolute atomic E-state index is 0.176. The number of aliphatic hydroxyl groups is 2. The van der Waals surface area contributed by atoms with E-state index in [0.29, 0.717) is 0 Å². The van der Waals surface area contributed by atoms with E-state index in [4.69, 9.17) is 10.8 Å². The van der Waals surface area contributed by atoms with Gasteiger partial charge in [-0.2, -0.15) is 0 Å². The molecule has 0 spiro atoms. The lowest BCUT2D eigenvalue weighted by atomic mass is 10.0. The third kappa shape index (κ3) is 18.2. The highest BCUT2D eigenvalue weighted by Crippen LogP contribution is 2.13. The Balaban J connectivity index is 3.15. The van der Waals surface area contributed by atoms with Crippen molar-refractivity contribution in [1.82, 2.24) is 0 Å². The van der Waals surface area contributed by atoms with E-state index in [1.807, 2.05) is 6.08 Å². The fourth-order valence-electron chi connectivity index (χ4n) is 3.12. The molecule has 4 N–H and O–H groups in total. The molecule has 0 aromatic rings. The topological polar surface area (TPSA) is 66.5 Å². The Labute approximate surface area is 157 Å². The van der Waals surface area contributed by atoms with Crippen LogP contribution >= 0.6 is 0 Å². The van der Waals surface area contributed by atoms with Crippen molar-refractivity contribution in [2.45, 2.75) is 122 Å². The Hall–Kier alpha value is -0.380. The quantitative estimate of drug-likeness (QED) is 0.212. The first kappa shape index (κ1) is 24.6. The van der Waals surface area contributed by atoms with Crippen LogP contribution in [0.3, 0.4) is 0 Å². The van der Waals surface area contributed by atoms with Gasteiger partial charge >= 0.3 is 0 Å². The molecule has 3 heteroatoms. The predicted octanol–water partition coefficient (Wildman–Crippen LogP) is 5.48. The van der Waals surface area contributed by atoms with Gasteiger partial charge in [-0.3, -0.25) is 0 Å². The zero-order valence-electron chi connectivity index (χ0n) is 16.8. The number of hydrogen-bond donors (Lipinski definition) is 3. The minimum Gasteiger partial charge on any atom is -0.395 e. The summed E-state index contributed by atoms with van der Waals surface area (Å²) < 4.78 is 0. The highest BCUT2D eigenvalue weighted by atomic mass is 16.3. The van der Waals surface area contributed by atoms with Crippen LogP contribution in [0.1, 0.15) is 110 Å². The summed E-state index contributed by atoms with van der Waals surface area (Å²) in [4.78, 5) is 0. The van der Waals surface area contributed by atoms with Gasteiger partial charge in [0.05, 0.1) is 18.8 Å². The Morgan fingerprint density at radius 3 is 1.52 bits per heavy atom. The lowest BCUT2D eigenvalue weighted by Crippen LogP contribution is -2.36. The largest absolute Gasteiger partial charge is 0.395 e. The zero-order valence-corrected chi connectivity index (χ0v) is 16.8. The number of rotatable bonds is 19. The summed E-state index contributed by atoms with van der Waals surface area (Å²) >= 11 is 0. The van der Waals surface area contributed by atoms with Crippen LogP contribution in [-0.4, -0.2) is 29.0 Å². The smallest absolute Gasteiger partial charge is 0.0894 e. The van der Waals surface area contributed by atoms with Gasteiger partial charge in [-0.05, 0) is 12.8 Å². The second kappa shape index (κ2) is 19.9. The second-order valence-corrected chi connectivity index (χ2v) is 7.50. The second-order valence-electron chi connectivity index (χ2n) is 7.50. The first-order chi connectivity index (χ1) is 12.2. The maximum absolute atomic E-state index is 9.57. The Kier molecular flexibility index (Phi) is 19.6. The molecular formula is C22H45NO2. The van der Waals surface area contributed by atoms with Crippen molar-refractivity contribution >= 4 is 0 Å². The molecule has 3 nitrogen and oxygen atoms in total. The average Bonchev–Trinajstić information content (AvgIpc) is 2.63. The Morgan fingerprint density at radius 1 is 0.720 bits per heavy atom. The third-order valence-corrected chi connectivity index (χ3v) is 4.96. The van der Waals surface area contributed by atoms with Crippen LogP contribution in [0.5, 0.6) is 0 Å². The van der Waals surface area contributed by atoms with Gasteiger partial charge in [0, 0.05) is 0 Å². The molecular weight excluding hydrogens is 310 g/mol. The van der Waals surface area contributed by atoms with Crippen molar-refractivity contribution in [1.29, 1.82) is 0 Å². The van der Waals surface area contributed by atoms with Crippen molar-refractivity contribution in [3.8, 4) is 0 Å². The molecule has 0 saturated heterocycles. The van der Waals surface area contributed by atoms with Crippen LogP contribution < -0.4 is 5.73 Å². The van der Waals surface area contributed by atoms with E-state index in [9.17, 15) is 5.11 Å². The van der Waals surface area contributed by atoms with Gasteiger partial charge < -0.3 is 15.9 Å². The molecule has 0 fully saturated rings.